The van der Waals surface area contributed by atoms with Gasteiger partial charge in [-0.2, -0.15) is 0 Å². The van der Waals surface area contributed by atoms with E-state index in [1.165, 1.54) is 30.9 Å². The van der Waals surface area contributed by atoms with Crippen LogP contribution in [0.15, 0.2) is 66.2 Å². The molecule has 2 aromatic heterocycles. The van der Waals surface area contributed by atoms with Crippen LogP contribution in [0.2, 0.25) is 0 Å². The van der Waals surface area contributed by atoms with E-state index in [1.54, 1.807) is 11.3 Å². The number of benzene rings is 3. The van der Waals surface area contributed by atoms with Crippen LogP contribution >= 0.6 is 11.3 Å². The van der Waals surface area contributed by atoms with E-state index in [-0.39, 0.29) is 68.3 Å². The fourth-order valence-corrected chi connectivity index (χ4v) is 11.0. The van der Waals surface area contributed by atoms with Crippen molar-refractivity contribution in [3.05, 3.63) is 106 Å². The van der Waals surface area contributed by atoms with Crippen LogP contribution in [0.5, 0.6) is 5.75 Å². The molecule has 16 heteroatoms. The maximum Gasteiger partial charge on any atom is 0.246 e. The monoisotopic (exact) mass is 1000 g/mol. The summed E-state index contributed by atoms with van der Waals surface area (Å²) in [6, 6.07) is 15.6. The van der Waals surface area contributed by atoms with Gasteiger partial charge in [-0.3, -0.25) is 19.3 Å². The average molecular weight is 1000 g/mol. The van der Waals surface area contributed by atoms with E-state index in [0.717, 1.165) is 76.2 Å². The Balaban J connectivity index is 0.816. The Labute approximate surface area is 420 Å². The van der Waals surface area contributed by atoms with Crippen LogP contribution in [-0.2, 0) is 34.4 Å². The first-order valence-corrected chi connectivity index (χ1v) is 26.0. The molecule has 3 amide bonds. The summed E-state index contributed by atoms with van der Waals surface area (Å²) in [7, 11) is 1.90. The molecule has 0 saturated carbocycles. The standard InChI is InChI=1S/C55H72F3N7O5S/c1-34-26-41-40-16-11-12-17-44(40)63(8)48(41)49(65(34)32-55(6,7)58)47-42(56)28-39(29-43(47)57)70-25-15-14-24-59-23-13-9-10-18-46(67)62-51(54(3,4)5)53(69)64-31-38(66)27-45(64)52(68)60-30-36-19-21-37(22-20-36)50-35(2)61-33-71-50/h11-12,16-17,19-22,28-29,33-34,38,45,49,51,59,66H,9-10,13-15,18,23-27,30-32H2,1-8H3,(H,60,68)(H,62,67)/t34-,38-,45+,49-,51?/m1/s1. The van der Waals surface area contributed by atoms with E-state index >= 15 is 13.2 Å². The van der Waals surface area contributed by atoms with Gasteiger partial charge in [0, 0.05) is 79.9 Å². The molecular weight excluding hydrogens is 928 g/mol. The van der Waals surface area contributed by atoms with Gasteiger partial charge < -0.3 is 35.3 Å². The first-order valence-electron chi connectivity index (χ1n) is 25.1. The number of carbonyl (C=O) groups excluding carboxylic acids is 3. The summed E-state index contributed by atoms with van der Waals surface area (Å²) < 4.78 is 55.5. The molecule has 4 N–H and O–H groups in total. The van der Waals surface area contributed by atoms with Crippen molar-refractivity contribution in [2.24, 2.45) is 12.5 Å². The van der Waals surface area contributed by atoms with Gasteiger partial charge in [-0.15, -0.1) is 11.3 Å². The summed E-state index contributed by atoms with van der Waals surface area (Å²) in [6.45, 7) is 14.6. The number of rotatable bonds is 21. The lowest BCUT2D eigenvalue weighted by Crippen LogP contribution is -2.57. The lowest BCUT2D eigenvalue weighted by molar-refractivity contribution is -0.144. The minimum Gasteiger partial charge on any atom is -0.493 e. The summed E-state index contributed by atoms with van der Waals surface area (Å²) in [5.41, 5.74) is 5.14. The molecule has 1 saturated heterocycles. The molecule has 2 aliphatic rings. The van der Waals surface area contributed by atoms with Crippen LogP contribution in [0.1, 0.15) is 121 Å². The number of aromatic nitrogens is 2. The number of fused-ring (bicyclic) bond motifs is 3. The number of thiazole rings is 1. The highest BCUT2D eigenvalue weighted by Gasteiger charge is 2.45. The van der Waals surface area contributed by atoms with Gasteiger partial charge >= 0.3 is 0 Å². The lowest BCUT2D eigenvalue weighted by atomic mass is 9.85. The van der Waals surface area contributed by atoms with Crippen LogP contribution in [0.3, 0.4) is 0 Å². The molecule has 0 radical (unpaired) electrons. The van der Waals surface area contributed by atoms with E-state index < -0.39 is 52.9 Å². The number of hydrogen-bond donors (Lipinski definition) is 4. The number of para-hydroxylation sites is 1. The molecule has 1 fully saturated rings. The number of ether oxygens (including phenoxy) is 1. The molecule has 2 aliphatic heterocycles. The van der Waals surface area contributed by atoms with Crippen LogP contribution in [0, 0.1) is 24.0 Å². The second-order valence-corrected chi connectivity index (χ2v) is 22.0. The van der Waals surface area contributed by atoms with E-state index in [1.807, 2.05) is 105 Å². The molecular formula is C55H72F3N7O5S. The number of hydrogen-bond acceptors (Lipinski definition) is 9. The molecule has 12 nitrogen and oxygen atoms in total. The zero-order valence-electron chi connectivity index (χ0n) is 42.5. The number of aliphatic hydroxyl groups excluding tert-OH is 1. The van der Waals surface area contributed by atoms with Gasteiger partial charge in [0.15, 0.2) is 0 Å². The zero-order chi connectivity index (χ0) is 51.2. The Morgan fingerprint density at radius 2 is 1.65 bits per heavy atom. The Morgan fingerprint density at radius 1 is 0.958 bits per heavy atom. The van der Waals surface area contributed by atoms with Gasteiger partial charge in [0.2, 0.25) is 17.7 Å². The van der Waals surface area contributed by atoms with Crippen LogP contribution in [-0.4, -0.2) is 105 Å². The molecule has 5 atom stereocenters. The van der Waals surface area contributed by atoms with Gasteiger partial charge in [0.1, 0.15) is 35.1 Å². The van der Waals surface area contributed by atoms with Gasteiger partial charge in [-0.05, 0) is 101 Å². The highest BCUT2D eigenvalue weighted by atomic mass is 32.1. The summed E-state index contributed by atoms with van der Waals surface area (Å²) in [5, 5.41) is 20.9. The van der Waals surface area contributed by atoms with Gasteiger partial charge in [-0.25, -0.2) is 18.2 Å². The summed E-state index contributed by atoms with van der Waals surface area (Å²) in [5.74, 6) is -2.34. The molecule has 384 valence electrons. The zero-order valence-corrected chi connectivity index (χ0v) is 43.4. The molecule has 4 heterocycles. The quantitative estimate of drug-likeness (QED) is 0.0534. The van der Waals surface area contributed by atoms with Crippen LogP contribution in [0.4, 0.5) is 13.2 Å². The van der Waals surface area contributed by atoms with Crippen molar-refractivity contribution >= 4 is 40.0 Å². The third-order valence-corrected chi connectivity index (χ3v) is 14.8. The molecule has 1 unspecified atom stereocenters. The molecule has 0 spiro atoms. The van der Waals surface area contributed by atoms with Crippen molar-refractivity contribution in [2.75, 3.05) is 32.8 Å². The number of aliphatic hydroxyl groups is 1. The van der Waals surface area contributed by atoms with Gasteiger partial charge in [0.05, 0.1) is 34.8 Å². The molecule has 0 aliphatic carbocycles. The van der Waals surface area contributed by atoms with Crippen molar-refractivity contribution < 1.29 is 37.4 Å². The SMILES string of the molecule is Cc1ncsc1-c1ccc(CNC(=O)[C@@H]2C[C@@H](O)CN2C(=O)C(NC(=O)CCCCCNCCCCOc2cc(F)c([C@@H]3c4c(c5ccccc5n4C)C[C@@H](C)N3CC(C)(C)F)c(F)c2)C(C)(C)C)cc1. The normalized spacial score (nSPS) is 19.0. The predicted octanol–water partition coefficient (Wildman–Crippen LogP) is 9.09. The summed E-state index contributed by atoms with van der Waals surface area (Å²) in [6.07, 6.45) is 3.84. The topological polar surface area (TPSA) is 141 Å². The second kappa shape index (κ2) is 23.1. The molecule has 3 aromatic carbocycles. The Bertz CT molecular complexity index is 2620. The third kappa shape index (κ3) is 13.0. The number of β-amino-alcohol motifs (C(OH)–C–C–N with tert-alkyl or cyclic N) is 1. The second-order valence-electron chi connectivity index (χ2n) is 21.1. The van der Waals surface area contributed by atoms with E-state index in [4.69, 9.17) is 4.74 Å². The molecule has 5 aromatic rings. The highest BCUT2D eigenvalue weighted by Crippen LogP contribution is 2.45. The maximum atomic E-state index is 16.2. The maximum absolute atomic E-state index is 16.2. The van der Waals surface area contributed by atoms with Crippen molar-refractivity contribution in [3.8, 4) is 16.2 Å². The van der Waals surface area contributed by atoms with E-state index in [0.29, 0.717) is 19.3 Å². The van der Waals surface area contributed by atoms with Gasteiger partial charge in [0.25, 0.3) is 0 Å². The number of unbranched alkanes of at least 4 members (excludes halogenated alkanes) is 3. The Morgan fingerprint density at radius 3 is 2.31 bits per heavy atom. The van der Waals surface area contributed by atoms with Crippen LogP contribution in [0.25, 0.3) is 21.3 Å². The predicted molar refractivity (Wildman–Crippen MR) is 274 cm³/mol. The first kappa shape index (κ1) is 53.5. The molecule has 0 bridgehead atoms. The van der Waals surface area contributed by atoms with E-state index in [2.05, 4.69) is 20.9 Å². The molecule has 7 rings (SSSR count). The number of nitrogens with one attached hydrogen (secondary N) is 3. The van der Waals surface area contributed by atoms with Crippen molar-refractivity contribution in [1.29, 1.82) is 0 Å². The number of carbonyl (C=O) groups is 3. The van der Waals surface area contributed by atoms with Crippen molar-refractivity contribution in [1.82, 2.24) is 35.3 Å². The summed E-state index contributed by atoms with van der Waals surface area (Å²) in [4.78, 5) is 49.4. The lowest BCUT2D eigenvalue weighted by Gasteiger charge is -2.43. The minimum absolute atomic E-state index is 0.00639. The van der Waals surface area contributed by atoms with E-state index in [9.17, 15) is 19.5 Å². The minimum atomic E-state index is -1.59. The van der Waals surface area contributed by atoms with Gasteiger partial charge in [-0.1, -0.05) is 69.7 Å². The van der Waals surface area contributed by atoms with Crippen molar-refractivity contribution in [2.45, 2.75) is 142 Å². The Kier molecular flexibility index (Phi) is 17.4. The first-order chi connectivity index (χ1) is 33.7. The smallest absolute Gasteiger partial charge is 0.246 e. The Hall–Kier alpha value is -5.29. The number of amides is 3. The molecule has 71 heavy (non-hydrogen) atoms. The highest BCUT2D eigenvalue weighted by molar-refractivity contribution is 7.13. The van der Waals surface area contributed by atoms with Crippen LogP contribution < -0.4 is 20.7 Å². The number of likely N-dealkylation sites (tertiary alicyclic amines) is 1. The fourth-order valence-electron chi connectivity index (χ4n) is 10.2. The van der Waals surface area contributed by atoms with Crippen molar-refractivity contribution in [3.63, 3.8) is 0 Å². The largest absolute Gasteiger partial charge is 0.493 e. The number of aryl methyl sites for hydroxylation is 2. The average Bonchev–Trinajstić information content (AvgIpc) is 4.01. The summed E-state index contributed by atoms with van der Waals surface area (Å²) >= 11 is 1.57. The number of halogens is 3. The fraction of sp³-hybridized carbons (Fsp3) is 0.527. The number of nitrogens with zero attached hydrogens (tertiary/aromatic N) is 4. The third-order valence-electron chi connectivity index (χ3n) is 13.8. The number of alkyl halides is 1.